The number of rotatable bonds is 7. The van der Waals surface area contributed by atoms with E-state index in [2.05, 4.69) is 9.97 Å². The van der Waals surface area contributed by atoms with Crippen molar-refractivity contribution < 1.29 is 27.1 Å². The van der Waals surface area contributed by atoms with E-state index in [1.807, 2.05) is 37.6 Å². The lowest BCUT2D eigenvalue weighted by Crippen LogP contribution is -2.34. The van der Waals surface area contributed by atoms with Crippen molar-refractivity contribution >= 4 is 15.9 Å². The number of aromatic amines is 1. The molecule has 38 heavy (non-hydrogen) atoms. The van der Waals surface area contributed by atoms with Gasteiger partial charge in [0, 0.05) is 11.8 Å². The Hall–Kier alpha value is -4.51. The largest absolute Gasteiger partial charge is 0.496 e. The standard InChI is InChI=1S/C27H24FN3O6S/c1-15-12-16(2)24(17(3)13-15)37-27-19(25(32)31-38(34,35)23-6-5-11-29-26(23)33)8-9-21(30-27)20-14-18(28)7-10-22(20)36-4/h5-14H,1-4H3,(H,29,33)(H,31,32). The predicted molar refractivity (Wildman–Crippen MR) is 139 cm³/mol. The molecule has 0 spiro atoms. The second-order valence-corrected chi connectivity index (χ2v) is 10.2. The first-order valence-electron chi connectivity index (χ1n) is 11.4. The molecule has 0 saturated heterocycles. The van der Waals surface area contributed by atoms with E-state index < -0.39 is 32.2 Å². The summed E-state index contributed by atoms with van der Waals surface area (Å²) in [5.74, 6) is -1.08. The zero-order valence-electron chi connectivity index (χ0n) is 21.0. The van der Waals surface area contributed by atoms with Crippen LogP contribution < -0.4 is 19.8 Å². The topological polar surface area (TPSA) is 127 Å². The monoisotopic (exact) mass is 537 g/mol. The summed E-state index contributed by atoms with van der Waals surface area (Å²) in [5, 5.41) is 0. The number of pyridine rings is 2. The van der Waals surface area contributed by atoms with E-state index in [0.29, 0.717) is 17.1 Å². The van der Waals surface area contributed by atoms with Crippen molar-refractivity contribution in [1.29, 1.82) is 0 Å². The number of H-pyrrole nitrogens is 1. The second kappa shape index (κ2) is 10.5. The Morgan fingerprint density at radius 3 is 2.39 bits per heavy atom. The molecule has 0 unspecified atom stereocenters. The van der Waals surface area contributed by atoms with Crippen molar-refractivity contribution in [3.63, 3.8) is 0 Å². The molecule has 2 heterocycles. The molecule has 11 heteroatoms. The SMILES string of the molecule is COc1ccc(F)cc1-c1ccc(C(=O)NS(=O)(=O)c2ccc[nH]c2=O)c(Oc2c(C)cc(C)cc2C)n1. The Morgan fingerprint density at radius 1 is 1.03 bits per heavy atom. The van der Waals surface area contributed by atoms with Gasteiger partial charge < -0.3 is 14.5 Å². The predicted octanol–water partition coefficient (Wildman–Crippen LogP) is 4.42. The molecular weight excluding hydrogens is 513 g/mol. The summed E-state index contributed by atoms with van der Waals surface area (Å²) in [7, 11) is -3.10. The first-order chi connectivity index (χ1) is 18.0. The average molecular weight is 538 g/mol. The second-order valence-electron chi connectivity index (χ2n) is 8.52. The summed E-state index contributed by atoms with van der Waals surface area (Å²) in [5.41, 5.74) is 1.92. The van der Waals surface area contributed by atoms with Gasteiger partial charge in [-0.3, -0.25) is 9.59 Å². The van der Waals surface area contributed by atoms with Crippen LogP contribution in [0.3, 0.4) is 0 Å². The Kier molecular flexibility index (Phi) is 7.31. The van der Waals surface area contributed by atoms with Crippen LogP contribution in [0.25, 0.3) is 11.3 Å². The van der Waals surface area contributed by atoms with Gasteiger partial charge in [-0.2, -0.15) is 0 Å². The minimum atomic E-state index is -4.52. The van der Waals surface area contributed by atoms with Crippen LogP contribution >= 0.6 is 0 Å². The molecular formula is C27H24FN3O6S. The minimum absolute atomic E-state index is 0.220. The highest BCUT2D eigenvalue weighted by molar-refractivity contribution is 7.90. The van der Waals surface area contributed by atoms with Gasteiger partial charge >= 0.3 is 0 Å². The molecule has 0 fully saturated rings. The first-order valence-corrected chi connectivity index (χ1v) is 12.8. The van der Waals surface area contributed by atoms with Crippen LogP contribution in [0.1, 0.15) is 27.0 Å². The molecule has 0 bridgehead atoms. The highest BCUT2D eigenvalue weighted by Crippen LogP contribution is 2.35. The van der Waals surface area contributed by atoms with Crippen LogP contribution in [0.5, 0.6) is 17.4 Å². The molecule has 0 radical (unpaired) electrons. The smallest absolute Gasteiger partial charge is 0.270 e. The molecule has 1 amide bonds. The van der Waals surface area contributed by atoms with Crippen LogP contribution in [0.2, 0.25) is 0 Å². The number of aromatic nitrogens is 2. The number of sulfonamides is 1. The van der Waals surface area contributed by atoms with Crippen LogP contribution in [0.4, 0.5) is 4.39 Å². The van der Waals surface area contributed by atoms with Gasteiger partial charge in [0.15, 0.2) is 4.90 Å². The number of carbonyl (C=O) groups excluding carboxylic acids is 1. The molecule has 196 valence electrons. The Balaban J connectivity index is 1.83. The van der Waals surface area contributed by atoms with Gasteiger partial charge in [-0.25, -0.2) is 22.5 Å². The highest BCUT2D eigenvalue weighted by atomic mass is 32.2. The summed E-state index contributed by atoms with van der Waals surface area (Å²) in [4.78, 5) is 31.3. The van der Waals surface area contributed by atoms with Crippen molar-refractivity contribution in [2.75, 3.05) is 7.11 Å². The number of nitrogens with one attached hydrogen (secondary N) is 2. The lowest BCUT2D eigenvalue weighted by Gasteiger charge is -2.16. The van der Waals surface area contributed by atoms with E-state index in [4.69, 9.17) is 9.47 Å². The molecule has 9 nitrogen and oxygen atoms in total. The summed E-state index contributed by atoms with van der Waals surface area (Å²) < 4.78 is 53.0. The summed E-state index contributed by atoms with van der Waals surface area (Å²) >= 11 is 0. The van der Waals surface area contributed by atoms with Crippen LogP contribution in [-0.2, 0) is 10.0 Å². The number of hydrogen-bond acceptors (Lipinski definition) is 7. The zero-order chi connectivity index (χ0) is 27.6. The minimum Gasteiger partial charge on any atom is -0.496 e. The molecule has 2 N–H and O–H groups in total. The molecule has 4 aromatic rings. The fourth-order valence-electron chi connectivity index (χ4n) is 4.00. The van der Waals surface area contributed by atoms with Gasteiger partial charge in [-0.05, 0) is 74.4 Å². The van der Waals surface area contributed by atoms with Gasteiger partial charge in [0.1, 0.15) is 22.9 Å². The van der Waals surface area contributed by atoms with Crippen LogP contribution in [-0.4, -0.2) is 31.4 Å². The van der Waals surface area contributed by atoms with Crippen molar-refractivity contribution in [3.05, 3.63) is 99.2 Å². The lowest BCUT2D eigenvalue weighted by atomic mass is 10.1. The normalized spacial score (nSPS) is 11.2. The number of carbonyl (C=O) groups is 1. The number of hydrogen-bond donors (Lipinski definition) is 2. The molecule has 2 aromatic heterocycles. The summed E-state index contributed by atoms with van der Waals surface area (Å²) in [6, 6.07) is 12.8. The van der Waals surface area contributed by atoms with Crippen LogP contribution in [0, 0.1) is 26.6 Å². The van der Waals surface area contributed by atoms with E-state index in [1.54, 1.807) is 0 Å². The third-order valence-corrected chi connectivity index (χ3v) is 7.00. The zero-order valence-corrected chi connectivity index (χ0v) is 21.8. The maximum Gasteiger partial charge on any atom is 0.270 e. The van der Waals surface area contributed by atoms with Crippen LogP contribution in [0.15, 0.2) is 70.5 Å². The fraction of sp³-hybridized carbons (Fsp3) is 0.148. The van der Waals surface area contributed by atoms with Crippen molar-refractivity contribution in [2.24, 2.45) is 0 Å². The van der Waals surface area contributed by atoms with Crippen molar-refractivity contribution in [3.8, 4) is 28.6 Å². The number of nitrogens with zero attached hydrogens (tertiary/aromatic N) is 1. The lowest BCUT2D eigenvalue weighted by molar-refractivity contribution is 0.0978. The van der Waals surface area contributed by atoms with E-state index in [0.717, 1.165) is 22.8 Å². The number of benzene rings is 2. The number of ether oxygens (including phenoxy) is 2. The van der Waals surface area contributed by atoms with Gasteiger partial charge in [-0.15, -0.1) is 0 Å². The Morgan fingerprint density at radius 2 is 1.74 bits per heavy atom. The average Bonchev–Trinajstić information content (AvgIpc) is 2.86. The highest BCUT2D eigenvalue weighted by Gasteiger charge is 2.26. The number of amides is 1. The van der Waals surface area contributed by atoms with E-state index in [9.17, 15) is 22.4 Å². The van der Waals surface area contributed by atoms with E-state index >= 15 is 0 Å². The third kappa shape index (κ3) is 5.42. The van der Waals surface area contributed by atoms with Gasteiger partial charge in [0.2, 0.25) is 5.88 Å². The molecule has 2 aromatic carbocycles. The number of halogens is 1. The molecule has 0 atom stereocenters. The van der Waals surface area contributed by atoms with Gasteiger partial charge in [0.25, 0.3) is 21.5 Å². The summed E-state index contributed by atoms with van der Waals surface area (Å²) in [6.07, 6.45) is 1.27. The third-order valence-electron chi connectivity index (χ3n) is 5.64. The van der Waals surface area contributed by atoms with Gasteiger partial charge in [-0.1, -0.05) is 17.7 Å². The summed E-state index contributed by atoms with van der Waals surface area (Å²) in [6.45, 7) is 5.56. The van der Waals surface area contributed by atoms with Gasteiger partial charge in [0.05, 0.1) is 12.8 Å². The Labute approximate surface area is 218 Å². The molecule has 4 rings (SSSR count). The molecule has 0 saturated carbocycles. The molecule has 0 aliphatic carbocycles. The first kappa shape index (κ1) is 26.6. The number of aryl methyl sites for hydroxylation is 3. The van der Waals surface area contributed by atoms with Crippen molar-refractivity contribution in [1.82, 2.24) is 14.7 Å². The quantitative estimate of drug-likeness (QED) is 0.357. The number of methoxy groups -OCH3 is 1. The molecule has 0 aliphatic heterocycles. The fourth-order valence-corrected chi connectivity index (χ4v) is 5.02. The van der Waals surface area contributed by atoms with Crippen molar-refractivity contribution in [2.45, 2.75) is 25.7 Å². The Bertz CT molecular complexity index is 1690. The van der Waals surface area contributed by atoms with E-state index in [-0.39, 0.29) is 17.1 Å². The molecule has 0 aliphatic rings. The maximum absolute atomic E-state index is 14.1. The maximum atomic E-state index is 14.1. The van der Waals surface area contributed by atoms with E-state index in [1.165, 1.54) is 49.7 Å².